The molecule has 3 rings (SSSR count). The highest BCUT2D eigenvalue weighted by molar-refractivity contribution is 14.1. The molecule has 2 aromatic carbocycles. The maximum atomic E-state index is 13.5. The van der Waals surface area contributed by atoms with Crippen LogP contribution in [0, 0.1) is 11.3 Å². The van der Waals surface area contributed by atoms with Crippen molar-refractivity contribution in [1.82, 2.24) is 0 Å². The number of nitriles is 1. The Morgan fingerprint density at radius 3 is 2.54 bits per heavy atom. The van der Waals surface area contributed by atoms with Crippen LogP contribution in [0.5, 0.6) is 0 Å². The Hall–Kier alpha value is -2.52. The molecule has 2 aromatic rings. The molecule has 0 amide bonds. The Balaban J connectivity index is 2.13. The maximum absolute atomic E-state index is 13.5. The lowest BCUT2D eigenvalue weighted by Gasteiger charge is -2.35. The van der Waals surface area contributed by atoms with Gasteiger partial charge in [0.15, 0.2) is 5.17 Å². The van der Waals surface area contributed by atoms with Crippen LogP contribution in [0.2, 0.25) is 0 Å². The van der Waals surface area contributed by atoms with Crippen molar-refractivity contribution in [3.8, 4) is 6.07 Å². The van der Waals surface area contributed by atoms with Gasteiger partial charge in [0.1, 0.15) is 6.04 Å². The van der Waals surface area contributed by atoms with Gasteiger partial charge >= 0.3 is 12.1 Å². The number of alkyl halides is 4. The van der Waals surface area contributed by atoms with Crippen LogP contribution >= 0.6 is 34.4 Å². The Bertz CT molecular complexity index is 1210. The predicted molar refractivity (Wildman–Crippen MR) is 150 cm³/mol. The molecule has 5 nitrogen and oxygen atoms in total. The number of unbranched alkanes of at least 4 members (excludes halogenated alkanes) is 2. The highest BCUT2D eigenvalue weighted by atomic mass is 127. The smallest absolute Gasteiger partial charge is 0.416 e. The molecule has 1 unspecified atom stereocenters. The number of nitrogens with zero attached hydrogens (tertiary/aromatic N) is 3. The Morgan fingerprint density at radius 1 is 1.19 bits per heavy atom. The van der Waals surface area contributed by atoms with Crippen molar-refractivity contribution in [3.05, 3.63) is 76.5 Å². The molecule has 37 heavy (non-hydrogen) atoms. The lowest BCUT2D eigenvalue weighted by Crippen LogP contribution is -2.35. The lowest BCUT2D eigenvalue weighted by molar-refractivity contribution is -0.139. The normalized spacial score (nSPS) is 15.9. The number of aliphatic imine (C=N–C) groups is 1. The molecule has 0 aliphatic carbocycles. The van der Waals surface area contributed by atoms with Gasteiger partial charge in [-0.3, -0.25) is 4.90 Å². The number of amidine groups is 1. The second-order valence-electron chi connectivity index (χ2n) is 8.25. The van der Waals surface area contributed by atoms with E-state index in [1.54, 1.807) is 49.1 Å². The molecule has 1 atom stereocenters. The first kappa shape index (κ1) is 29.0. The summed E-state index contributed by atoms with van der Waals surface area (Å²) < 4.78 is 47.0. The van der Waals surface area contributed by atoms with Crippen LogP contribution in [-0.2, 0) is 15.7 Å². The van der Waals surface area contributed by atoms with Crippen LogP contribution in [0.25, 0.3) is 0 Å². The Kier molecular flexibility index (Phi) is 10.5. The molecule has 0 N–H and O–H groups in total. The van der Waals surface area contributed by atoms with Crippen LogP contribution in [0.4, 0.5) is 18.9 Å². The van der Waals surface area contributed by atoms with E-state index in [9.17, 15) is 23.2 Å². The predicted octanol–water partition coefficient (Wildman–Crippen LogP) is 7.67. The van der Waals surface area contributed by atoms with Crippen molar-refractivity contribution in [3.63, 3.8) is 0 Å². The second kappa shape index (κ2) is 13.3. The number of hydrogen-bond donors (Lipinski definition) is 0. The van der Waals surface area contributed by atoms with Gasteiger partial charge in [-0.2, -0.15) is 18.4 Å². The van der Waals surface area contributed by atoms with Crippen LogP contribution in [0.1, 0.15) is 55.8 Å². The third-order valence-corrected chi connectivity index (χ3v) is 7.52. The summed E-state index contributed by atoms with van der Waals surface area (Å²) in [5, 5.41) is 9.69. The van der Waals surface area contributed by atoms with Gasteiger partial charge in [-0.1, -0.05) is 59.0 Å². The molecule has 1 aliphatic rings. The van der Waals surface area contributed by atoms with E-state index in [1.165, 1.54) is 17.8 Å². The summed E-state index contributed by atoms with van der Waals surface area (Å²) in [5.74, 6) is 0.147. The van der Waals surface area contributed by atoms with E-state index in [2.05, 4.69) is 28.7 Å². The molecule has 0 radical (unpaired) electrons. The molecular formula is C27H27F3IN3O2S. The first-order valence-electron chi connectivity index (χ1n) is 11.8. The van der Waals surface area contributed by atoms with Crippen molar-refractivity contribution >= 4 is 51.2 Å². The second-order valence-corrected chi connectivity index (χ2v) is 10.4. The van der Waals surface area contributed by atoms with E-state index in [-0.39, 0.29) is 17.9 Å². The minimum Gasteiger partial charge on any atom is -0.463 e. The first-order chi connectivity index (χ1) is 17.7. The highest BCUT2D eigenvalue weighted by Gasteiger charge is 2.36. The SMILES string of the molecule is CCOC(=O)C1=C(C)N(c2cccc(C(F)(F)F)c2)C(SCCCCCI)=NC1c1ccc(C#N)cc1. The average molecular weight is 641 g/mol. The Labute approximate surface area is 232 Å². The van der Waals surface area contributed by atoms with Gasteiger partial charge in [0.2, 0.25) is 0 Å². The van der Waals surface area contributed by atoms with Crippen LogP contribution in [0.15, 0.2) is 64.8 Å². The molecular weight excluding hydrogens is 614 g/mol. The van der Waals surface area contributed by atoms with E-state index >= 15 is 0 Å². The monoisotopic (exact) mass is 641 g/mol. The van der Waals surface area contributed by atoms with E-state index in [4.69, 9.17) is 9.73 Å². The van der Waals surface area contributed by atoms with E-state index in [0.717, 1.165) is 41.6 Å². The molecule has 1 heterocycles. The van der Waals surface area contributed by atoms with Crippen molar-refractivity contribution in [1.29, 1.82) is 5.26 Å². The molecule has 0 bridgehead atoms. The number of allylic oxidation sites excluding steroid dienone is 1. The van der Waals surface area contributed by atoms with E-state index in [0.29, 0.717) is 22.0 Å². The van der Waals surface area contributed by atoms with Gasteiger partial charge in [-0.25, -0.2) is 9.79 Å². The van der Waals surface area contributed by atoms with Gasteiger partial charge in [0.25, 0.3) is 0 Å². The number of benzene rings is 2. The zero-order chi connectivity index (χ0) is 27.0. The summed E-state index contributed by atoms with van der Waals surface area (Å²) in [7, 11) is 0. The fourth-order valence-electron chi connectivity index (χ4n) is 3.91. The molecule has 1 aliphatic heterocycles. The quantitative estimate of drug-likeness (QED) is 0.122. The maximum Gasteiger partial charge on any atom is 0.416 e. The van der Waals surface area contributed by atoms with E-state index in [1.807, 2.05) is 0 Å². The van der Waals surface area contributed by atoms with Crippen molar-refractivity contribution in [2.75, 3.05) is 21.7 Å². The van der Waals surface area contributed by atoms with Crippen LogP contribution in [-0.4, -0.2) is 27.9 Å². The number of halogens is 4. The lowest BCUT2D eigenvalue weighted by atomic mass is 9.95. The number of ether oxygens (including phenoxy) is 1. The summed E-state index contributed by atoms with van der Waals surface area (Å²) in [4.78, 5) is 19.6. The molecule has 0 saturated carbocycles. The fraction of sp³-hybridized carbons (Fsp3) is 0.370. The van der Waals surface area contributed by atoms with Crippen LogP contribution < -0.4 is 4.90 Å². The van der Waals surface area contributed by atoms with Gasteiger partial charge in [-0.15, -0.1) is 0 Å². The highest BCUT2D eigenvalue weighted by Crippen LogP contribution is 2.41. The zero-order valence-electron chi connectivity index (χ0n) is 20.5. The zero-order valence-corrected chi connectivity index (χ0v) is 23.5. The fourth-order valence-corrected chi connectivity index (χ4v) is 5.53. The summed E-state index contributed by atoms with van der Waals surface area (Å²) >= 11 is 3.79. The molecule has 0 aromatic heterocycles. The van der Waals surface area contributed by atoms with Gasteiger partial charge < -0.3 is 4.74 Å². The molecule has 0 saturated heterocycles. The largest absolute Gasteiger partial charge is 0.463 e. The molecule has 0 fully saturated rings. The number of anilines is 1. The van der Waals surface area contributed by atoms with Crippen molar-refractivity contribution in [2.24, 2.45) is 4.99 Å². The summed E-state index contributed by atoms with van der Waals surface area (Å²) in [5.41, 5.74) is 1.35. The minimum atomic E-state index is -4.51. The number of rotatable bonds is 9. The number of carbonyl (C=O) groups is 1. The third kappa shape index (κ3) is 7.29. The minimum absolute atomic E-state index is 0.140. The summed E-state index contributed by atoms with van der Waals surface area (Å²) in [6.45, 7) is 3.54. The van der Waals surface area contributed by atoms with Crippen molar-refractivity contribution in [2.45, 2.75) is 45.3 Å². The summed E-state index contributed by atoms with van der Waals surface area (Å²) in [6, 6.07) is 13.2. The van der Waals surface area contributed by atoms with Gasteiger partial charge in [-0.05, 0) is 67.0 Å². The molecule has 10 heteroatoms. The topological polar surface area (TPSA) is 65.7 Å². The van der Waals surface area contributed by atoms with Gasteiger partial charge in [0.05, 0.1) is 29.4 Å². The third-order valence-electron chi connectivity index (χ3n) is 5.72. The number of carbonyl (C=O) groups excluding carboxylic acids is 1. The average Bonchev–Trinajstić information content (AvgIpc) is 2.88. The Morgan fingerprint density at radius 2 is 1.92 bits per heavy atom. The standard InChI is InChI=1S/C27H27F3IN3O2S/c1-3-36-25(35)23-18(2)34(22-9-7-8-21(16-22)27(28,29)30)26(37-15-6-4-5-14-31)33-24(23)20-12-10-19(17-32)11-13-20/h7-13,16,24H,3-6,14-15H2,1-2H3. The number of thioether (sulfide) groups is 1. The number of hydrogen-bond acceptors (Lipinski definition) is 6. The first-order valence-corrected chi connectivity index (χ1v) is 14.3. The van der Waals surface area contributed by atoms with E-state index < -0.39 is 23.8 Å². The number of esters is 1. The summed E-state index contributed by atoms with van der Waals surface area (Å²) in [6.07, 6.45) is -1.46. The van der Waals surface area contributed by atoms with Crippen LogP contribution in [0.3, 0.4) is 0 Å². The van der Waals surface area contributed by atoms with Crippen molar-refractivity contribution < 1.29 is 22.7 Å². The molecule has 0 spiro atoms. The molecule has 196 valence electrons. The van der Waals surface area contributed by atoms with Gasteiger partial charge in [0, 0.05) is 17.1 Å².